The average Bonchev–Trinajstić information content (AvgIpc) is 3.44. The Morgan fingerprint density at radius 3 is 2.38 bits per heavy atom. The van der Waals surface area contributed by atoms with Crippen LogP contribution in [0.4, 0.5) is 4.39 Å². The normalized spacial score (nSPS) is 14.4. The number of benzene rings is 3. The summed E-state index contributed by atoms with van der Waals surface area (Å²) in [4.78, 5) is 31.7. The Balaban J connectivity index is 1.59. The van der Waals surface area contributed by atoms with Gasteiger partial charge in [0.25, 0.3) is 11.8 Å². The van der Waals surface area contributed by atoms with Gasteiger partial charge in [0, 0.05) is 30.9 Å². The zero-order valence-electron chi connectivity index (χ0n) is 26.1. The summed E-state index contributed by atoms with van der Waals surface area (Å²) in [7, 11) is 0. The Morgan fingerprint density at radius 2 is 1.71 bits per heavy atom. The zero-order chi connectivity index (χ0) is 32.1. The Morgan fingerprint density at radius 1 is 1.00 bits per heavy atom. The van der Waals surface area contributed by atoms with Crippen LogP contribution in [0.2, 0.25) is 5.02 Å². The summed E-state index contributed by atoms with van der Waals surface area (Å²) in [5.74, 6) is -0.867. The van der Waals surface area contributed by atoms with Crippen LogP contribution in [0.1, 0.15) is 77.2 Å². The van der Waals surface area contributed by atoms with E-state index in [0.717, 1.165) is 36.8 Å². The summed E-state index contributed by atoms with van der Waals surface area (Å²) < 4.78 is 15.5. The molecule has 0 radical (unpaired) electrons. The highest BCUT2D eigenvalue weighted by atomic mass is 35.5. The number of carbonyl (C=O) groups excluding carboxylic acids is 2. The van der Waals surface area contributed by atoms with E-state index in [1.807, 2.05) is 42.2 Å². The van der Waals surface area contributed by atoms with E-state index in [-0.39, 0.29) is 23.4 Å². The van der Waals surface area contributed by atoms with Crippen LogP contribution in [0.3, 0.4) is 0 Å². The predicted molar refractivity (Wildman–Crippen MR) is 175 cm³/mol. The maximum absolute atomic E-state index is 14.5. The van der Waals surface area contributed by atoms with Gasteiger partial charge in [-0.3, -0.25) is 9.59 Å². The third-order valence-corrected chi connectivity index (χ3v) is 8.79. The van der Waals surface area contributed by atoms with Gasteiger partial charge in [-0.05, 0) is 79.3 Å². The number of aliphatic hydroxyl groups is 1. The molecule has 0 bridgehead atoms. The van der Waals surface area contributed by atoms with E-state index in [1.165, 1.54) is 12.1 Å². The molecule has 236 valence electrons. The molecular weight excluding hydrogens is 591 g/mol. The van der Waals surface area contributed by atoms with E-state index in [0.29, 0.717) is 59.8 Å². The minimum Gasteiger partial charge on any atom is -0.394 e. The first-order valence-electron chi connectivity index (χ1n) is 15.7. The molecule has 3 aromatic carbocycles. The zero-order valence-corrected chi connectivity index (χ0v) is 26.9. The molecule has 4 aromatic rings. The van der Waals surface area contributed by atoms with Gasteiger partial charge in [0.2, 0.25) is 0 Å². The summed E-state index contributed by atoms with van der Waals surface area (Å²) in [6.45, 7) is 7.54. The van der Waals surface area contributed by atoms with Crippen molar-refractivity contribution in [1.29, 1.82) is 0 Å². The number of carbonyl (C=O) groups is 2. The van der Waals surface area contributed by atoms with Gasteiger partial charge in [0.15, 0.2) is 5.69 Å². The van der Waals surface area contributed by atoms with Crippen molar-refractivity contribution in [3.8, 4) is 16.8 Å². The Labute approximate surface area is 269 Å². The Kier molecular flexibility index (Phi) is 10.4. The van der Waals surface area contributed by atoms with E-state index in [4.69, 9.17) is 16.7 Å². The summed E-state index contributed by atoms with van der Waals surface area (Å²) in [6.07, 6.45) is 4.31. The summed E-state index contributed by atoms with van der Waals surface area (Å²) in [5, 5.41) is 15.3. The summed E-state index contributed by atoms with van der Waals surface area (Å²) >= 11 is 6.44. The van der Waals surface area contributed by atoms with Gasteiger partial charge in [0.05, 0.1) is 28.9 Å². The molecule has 0 unspecified atom stereocenters. The van der Waals surface area contributed by atoms with Gasteiger partial charge in [-0.2, -0.15) is 5.10 Å². The molecule has 0 saturated carbocycles. The molecule has 1 N–H and O–H groups in total. The van der Waals surface area contributed by atoms with Crippen LogP contribution in [0, 0.1) is 12.7 Å². The minimum atomic E-state index is -0.453. The lowest BCUT2D eigenvalue weighted by molar-refractivity contribution is 0.0544. The number of unbranched alkanes of at least 4 members (excludes halogenated alkanes) is 2. The molecule has 1 aliphatic rings. The monoisotopic (exact) mass is 630 g/mol. The highest BCUT2D eigenvalue weighted by Crippen LogP contribution is 2.33. The number of hydrogen-bond acceptors (Lipinski definition) is 4. The van der Waals surface area contributed by atoms with E-state index in [2.05, 4.69) is 13.8 Å². The van der Waals surface area contributed by atoms with Crippen LogP contribution in [-0.4, -0.2) is 62.2 Å². The van der Waals surface area contributed by atoms with E-state index < -0.39 is 11.9 Å². The molecule has 1 aliphatic heterocycles. The van der Waals surface area contributed by atoms with Gasteiger partial charge in [-0.25, -0.2) is 9.07 Å². The average molecular weight is 631 g/mol. The molecule has 5 rings (SSSR count). The van der Waals surface area contributed by atoms with Crippen molar-refractivity contribution in [2.24, 2.45) is 0 Å². The number of aliphatic hydroxyl groups excluding tert-OH is 1. The molecule has 0 spiro atoms. The fourth-order valence-electron chi connectivity index (χ4n) is 5.92. The molecular formula is C36H40ClFN4O3. The van der Waals surface area contributed by atoms with Crippen molar-refractivity contribution in [2.45, 2.75) is 65.5 Å². The molecule has 2 amide bonds. The predicted octanol–water partition coefficient (Wildman–Crippen LogP) is 7.24. The quantitative estimate of drug-likeness (QED) is 0.189. The third kappa shape index (κ3) is 6.97. The third-order valence-electron chi connectivity index (χ3n) is 8.48. The van der Waals surface area contributed by atoms with Crippen LogP contribution in [0.25, 0.3) is 16.8 Å². The summed E-state index contributed by atoms with van der Waals surface area (Å²) in [5.41, 5.74) is 5.21. The van der Waals surface area contributed by atoms with Crippen LogP contribution in [-0.2, 0) is 13.0 Å². The van der Waals surface area contributed by atoms with Crippen molar-refractivity contribution in [3.63, 3.8) is 0 Å². The standard InChI is InChI=1S/C36H40ClFN4O3/c1-4-6-16-40(17-7-5-2)36(45)33-18-24(3)42(39-33)34-15-12-26(30-14-13-28(38)21-32(30)37)20-31(34)35(44)41-22-27-11-9-8-10-25(27)19-29(41)23-43/h8-15,18,20-21,29,43H,4-7,16-17,19,22-23H2,1-3H3/t29-/m0/s1. The Bertz CT molecular complexity index is 1680. The molecule has 45 heavy (non-hydrogen) atoms. The molecule has 0 aliphatic carbocycles. The van der Waals surface area contributed by atoms with Crippen molar-refractivity contribution < 1.29 is 19.1 Å². The lowest BCUT2D eigenvalue weighted by atomic mass is 9.93. The number of rotatable bonds is 11. The Hall–Kier alpha value is -4.01. The lowest BCUT2D eigenvalue weighted by Crippen LogP contribution is -2.46. The molecule has 7 nitrogen and oxygen atoms in total. The maximum atomic E-state index is 14.5. The fourth-order valence-corrected chi connectivity index (χ4v) is 6.20. The molecule has 0 fully saturated rings. The SMILES string of the molecule is CCCCN(CCCC)C(=O)c1cc(C)n(-c2ccc(-c3ccc(F)cc3Cl)cc2C(=O)N2Cc3ccccc3C[C@H]2CO)n1. The van der Waals surface area contributed by atoms with Crippen molar-refractivity contribution in [3.05, 3.63) is 106 Å². The molecule has 2 heterocycles. The van der Waals surface area contributed by atoms with Gasteiger partial charge in [-0.1, -0.05) is 68.6 Å². The number of halogens is 2. The maximum Gasteiger partial charge on any atom is 0.274 e. The largest absolute Gasteiger partial charge is 0.394 e. The second-order valence-electron chi connectivity index (χ2n) is 11.7. The van der Waals surface area contributed by atoms with Gasteiger partial charge >= 0.3 is 0 Å². The molecule has 0 saturated heterocycles. The summed E-state index contributed by atoms with van der Waals surface area (Å²) in [6, 6.07) is 18.8. The van der Waals surface area contributed by atoms with Crippen molar-refractivity contribution in [1.82, 2.24) is 19.6 Å². The topological polar surface area (TPSA) is 78.7 Å². The first kappa shape index (κ1) is 32.4. The van der Waals surface area contributed by atoms with E-state index >= 15 is 0 Å². The number of nitrogens with zero attached hydrogens (tertiary/aromatic N) is 4. The van der Waals surface area contributed by atoms with Crippen LogP contribution in [0.15, 0.2) is 66.7 Å². The molecule has 1 aromatic heterocycles. The van der Waals surface area contributed by atoms with Crippen LogP contribution in [0.5, 0.6) is 0 Å². The van der Waals surface area contributed by atoms with Gasteiger partial charge in [0.1, 0.15) is 5.82 Å². The number of aryl methyl sites for hydroxylation is 1. The van der Waals surface area contributed by atoms with E-state index in [9.17, 15) is 19.1 Å². The molecule has 1 atom stereocenters. The lowest BCUT2D eigenvalue weighted by Gasteiger charge is -2.36. The highest BCUT2D eigenvalue weighted by molar-refractivity contribution is 6.33. The van der Waals surface area contributed by atoms with Crippen LogP contribution >= 0.6 is 11.6 Å². The van der Waals surface area contributed by atoms with Crippen LogP contribution < -0.4 is 0 Å². The highest BCUT2D eigenvalue weighted by Gasteiger charge is 2.32. The smallest absolute Gasteiger partial charge is 0.274 e. The van der Waals surface area contributed by atoms with Gasteiger partial charge < -0.3 is 14.9 Å². The van der Waals surface area contributed by atoms with Gasteiger partial charge in [-0.15, -0.1) is 0 Å². The van der Waals surface area contributed by atoms with Crippen molar-refractivity contribution >= 4 is 23.4 Å². The first-order valence-corrected chi connectivity index (χ1v) is 16.1. The fraction of sp³-hybridized carbons (Fsp3) is 0.361. The first-order chi connectivity index (χ1) is 21.7. The number of amides is 2. The number of aromatic nitrogens is 2. The number of hydrogen-bond donors (Lipinski definition) is 1. The number of fused-ring (bicyclic) bond motifs is 1. The van der Waals surface area contributed by atoms with E-state index in [1.54, 1.807) is 33.8 Å². The van der Waals surface area contributed by atoms with Crippen molar-refractivity contribution in [2.75, 3.05) is 19.7 Å². The second-order valence-corrected chi connectivity index (χ2v) is 12.1. The molecule has 9 heteroatoms. The minimum absolute atomic E-state index is 0.130. The second kappa shape index (κ2) is 14.4.